The second-order valence-corrected chi connectivity index (χ2v) is 5.92. The summed E-state index contributed by atoms with van der Waals surface area (Å²) >= 11 is 1.72. The molecule has 1 aromatic heterocycles. The van der Waals surface area contributed by atoms with Gasteiger partial charge in [0.25, 0.3) is 0 Å². The summed E-state index contributed by atoms with van der Waals surface area (Å²) in [5.41, 5.74) is 7.03. The van der Waals surface area contributed by atoms with Crippen LogP contribution in [0.15, 0.2) is 0 Å². The Balaban J connectivity index is 2.09. The van der Waals surface area contributed by atoms with Gasteiger partial charge in [-0.3, -0.25) is 0 Å². The average Bonchev–Trinajstić information content (AvgIpc) is 2.94. The summed E-state index contributed by atoms with van der Waals surface area (Å²) in [6.45, 7) is 9.04. The van der Waals surface area contributed by atoms with Crippen molar-refractivity contribution in [2.75, 3.05) is 24.6 Å². The van der Waals surface area contributed by atoms with Crippen LogP contribution in [0.4, 0.5) is 5.13 Å². The van der Waals surface area contributed by atoms with Gasteiger partial charge in [-0.1, -0.05) is 0 Å². The number of likely N-dealkylation sites (N-methyl/N-ethyl adjacent to an activating group) is 1. The Morgan fingerprint density at radius 1 is 1.61 bits per heavy atom. The van der Waals surface area contributed by atoms with Crippen molar-refractivity contribution in [1.29, 1.82) is 0 Å². The van der Waals surface area contributed by atoms with Gasteiger partial charge in [0.05, 0.1) is 11.8 Å². The van der Waals surface area contributed by atoms with E-state index < -0.39 is 0 Å². The van der Waals surface area contributed by atoms with Crippen LogP contribution in [-0.2, 0) is 4.74 Å². The number of ether oxygens (including phenoxy) is 1. The quantitative estimate of drug-likeness (QED) is 0.892. The average molecular weight is 269 g/mol. The van der Waals surface area contributed by atoms with E-state index in [4.69, 9.17) is 10.5 Å². The van der Waals surface area contributed by atoms with Crippen LogP contribution in [0.2, 0.25) is 0 Å². The van der Waals surface area contributed by atoms with E-state index >= 15 is 0 Å². The molecule has 2 atom stereocenters. The van der Waals surface area contributed by atoms with Crippen LogP contribution in [0.1, 0.15) is 43.3 Å². The summed E-state index contributed by atoms with van der Waals surface area (Å²) in [5.74, 6) is 0. The largest absolute Gasteiger partial charge is 0.376 e. The molecular weight excluding hydrogens is 246 g/mol. The van der Waals surface area contributed by atoms with E-state index in [1.54, 1.807) is 11.3 Å². The van der Waals surface area contributed by atoms with Crippen molar-refractivity contribution in [2.45, 2.75) is 45.8 Å². The maximum atomic E-state index is 5.96. The summed E-state index contributed by atoms with van der Waals surface area (Å²) in [6, 6.07) is 0.0673. The Morgan fingerprint density at radius 2 is 2.39 bits per heavy atom. The number of aryl methyl sites for hydroxylation is 1. The van der Waals surface area contributed by atoms with Crippen LogP contribution in [0.5, 0.6) is 0 Å². The first-order valence-corrected chi connectivity index (χ1v) is 7.53. The van der Waals surface area contributed by atoms with Crippen LogP contribution in [0.25, 0.3) is 0 Å². The van der Waals surface area contributed by atoms with E-state index in [1.165, 1.54) is 17.7 Å². The van der Waals surface area contributed by atoms with Gasteiger partial charge < -0.3 is 15.4 Å². The SMILES string of the molecule is CCN(CC1CCCO1)c1nc(C)c(C(C)N)s1. The molecule has 2 unspecified atom stereocenters. The molecule has 0 saturated carbocycles. The van der Waals surface area contributed by atoms with Crippen molar-refractivity contribution in [2.24, 2.45) is 5.73 Å². The zero-order chi connectivity index (χ0) is 13.1. The molecule has 4 nitrogen and oxygen atoms in total. The molecule has 0 aliphatic carbocycles. The van der Waals surface area contributed by atoms with Gasteiger partial charge in [0, 0.05) is 30.6 Å². The molecule has 18 heavy (non-hydrogen) atoms. The normalized spacial score (nSPS) is 21.2. The number of aromatic nitrogens is 1. The first-order valence-electron chi connectivity index (χ1n) is 6.71. The molecule has 1 aliphatic heterocycles. The summed E-state index contributed by atoms with van der Waals surface area (Å²) < 4.78 is 5.70. The van der Waals surface area contributed by atoms with E-state index in [0.717, 1.165) is 30.5 Å². The lowest BCUT2D eigenvalue weighted by Gasteiger charge is -2.23. The topological polar surface area (TPSA) is 51.4 Å². The van der Waals surface area contributed by atoms with E-state index in [-0.39, 0.29) is 6.04 Å². The summed E-state index contributed by atoms with van der Waals surface area (Å²) in [6.07, 6.45) is 2.72. The third kappa shape index (κ3) is 3.02. The minimum atomic E-state index is 0.0673. The minimum absolute atomic E-state index is 0.0673. The standard InChI is InChI=1S/C13H23N3OS/c1-4-16(8-11-6-5-7-17-11)13-15-10(3)12(18-13)9(2)14/h9,11H,4-8,14H2,1-3H3. The fourth-order valence-electron chi connectivity index (χ4n) is 2.33. The Bertz CT molecular complexity index is 386. The highest BCUT2D eigenvalue weighted by Crippen LogP contribution is 2.30. The van der Waals surface area contributed by atoms with Crippen LogP contribution < -0.4 is 10.6 Å². The van der Waals surface area contributed by atoms with Crippen LogP contribution >= 0.6 is 11.3 Å². The zero-order valence-corrected chi connectivity index (χ0v) is 12.3. The molecule has 1 fully saturated rings. The fraction of sp³-hybridized carbons (Fsp3) is 0.769. The molecule has 0 radical (unpaired) electrons. The lowest BCUT2D eigenvalue weighted by atomic mass is 10.2. The number of nitrogens with two attached hydrogens (primary N) is 1. The fourth-order valence-corrected chi connectivity index (χ4v) is 3.42. The van der Waals surface area contributed by atoms with Crippen molar-refractivity contribution in [3.63, 3.8) is 0 Å². The number of rotatable bonds is 5. The number of nitrogens with zero attached hydrogens (tertiary/aromatic N) is 2. The monoisotopic (exact) mass is 269 g/mol. The van der Waals surface area contributed by atoms with E-state index in [2.05, 4.69) is 16.8 Å². The number of thiazole rings is 1. The maximum absolute atomic E-state index is 5.96. The number of anilines is 1. The molecule has 2 N–H and O–H groups in total. The van der Waals surface area contributed by atoms with Crippen LogP contribution in [0, 0.1) is 6.92 Å². The van der Waals surface area contributed by atoms with Gasteiger partial charge in [0.1, 0.15) is 0 Å². The first-order chi connectivity index (χ1) is 8.61. The molecule has 0 spiro atoms. The van der Waals surface area contributed by atoms with E-state index in [0.29, 0.717) is 6.10 Å². The smallest absolute Gasteiger partial charge is 0.185 e. The van der Waals surface area contributed by atoms with Gasteiger partial charge in [-0.15, -0.1) is 11.3 Å². The predicted molar refractivity (Wildman–Crippen MR) is 76.3 cm³/mol. The third-order valence-corrected chi connectivity index (χ3v) is 4.75. The van der Waals surface area contributed by atoms with Gasteiger partial charge in [-0.05, 0) is 33.6 Å². The molecule has 0 amide bonds. The molecule has 1 saturated heterocycles. The molecule has 2 heterocycles. The highest BCUT2D eigenvalue weighted by atomic mass is 32.1. The number of hydrogen-bond acceptors (Lipinski definition) is 5. The van der Waals surface area contributed by atoms with Gasteiger partial charge in [0.2, 0.25) is 0 Å². The van der Waals surface area contributed by atoms with Gasteiger partial charge in [-0.25, -0.2) is 4.98 Å². The molecular formula is C13H23N3OS. The summed E-state index contributed by atoms with van der Waals surface area (Å²) in [7, 11) is 0. The van der Waals surface area contributed by atoms with Crippen molar-refractivity contribution in [3.05, 3.63) is 10.6 Å². The molecule has 1 aromatic rings. The van der Waals surface area contributed by atoms with Crippen molar-refractivity contribution >= 4 is 16.5 Å². The Labute approximate surface area is 113 Å². The minimum Gasteiger partial charge on any atom is -0.376 e. The van der Waals surface area contributed by atoms with Gasteiger partial charge in [-0.2, -0.15) is 0 Å². The first kappa shape index (κ1) is 13.8. The summed E-state index contributed by atoms with van der Waals surface area (Å²) in [4.78, 5) is 8.15. The molecule has 102 valence electrons. The lowest BCUT2D eigenvalue weighted by molar-refractivity contribution is 0.115. The molecule has 2 rings (SSSR count). The molecule has 0 bridgehead atoms. The summed E-state index contributed by atoms with van der Waals surface area (Å²) in [5, 5.41) is 1.08. The van der Waals surface area contributed by atoms with Crippen LogP contribution in [0.3, 0.4) is 0 Å². The molecule has 1 aliphatic rings. The Kier molecular flexibility index (Phi) is 4.59. The highest BCUT2D eigenvalue weighted by molar-refractivity contribution is 7.15. The van der Waals surface area contributed by atoms with Gasteiger partial charge >= 0.3 is 0 Å². The highest BCUT2D eigenvalue weighted by Gasteiger charge is 2.21. The van der Waals surface area contributed by atoms with Gasteiger partial charge in [0.15, 0.2) is 5.13 Å². The van der Waals surface area contributed by atoms with E-state index in [9.17, 15) is 0 Å². The van der Waals surface area contributed by atoms with Crippen LogP contribution in [-0.4, -0.2) is 30.8 Å². The lowest BCUT2D eigenvalue weighted by Crippen LogP contribution is -2.31. The predicted octanol–water partition coefficient (Wildman–Crippen LogP) is 2.48. The van der Waals surface area contributed by atoms with Crippen molar-refractivity contribution in [3.8, 4) is 0 Å². The second kappa shape index (κ2) is 5.99. The number of hydrogen-bond donors (Lipinski definition) is 1. The van der Waals surface area contributed by atoms with Crippen molar-refractivity contribution < 1.29 is 4.74 Å². The molecule has 0 aromatic carbocycles. The third-order valence-electron chi connectivity index (χ3n) is 3.34. The second-order valence-electron chi connectivity index (χ2n) is 4.91. The maximum Gasteiger partial charge on any atom is 0.185 e. The van der Waals surface area contributed by atoms with Crippen molar-refractivity contribution in [1.82, 2.24) is 4.98 Å². The zero-order valence-electron chi connectivity index (χ0n) is 11.5. The Hall–Kier alpha value is -0.650. The Morgan fingerprint density at radius 3 is 2.89 bits per heavy atom. The molecule has 5 heteroatoms. The van der Waals surface area contributed by atoms with E-state index in [1.807, 2.05) is 13.8 Å².